The lowest BCUT2D eigenvalue weighted by Gasteiger charge is -2.29. The number of carbonyl (C=O) groups excluding carboxylic acids is 2. The molecule has 0 saturated carbocycles. The lowest BCUT2D eigenvalue weighted by Crippen LogP contribution is -2.50. The Morgan fingerprint density at radius 1 is 1.04 bits per heavy atom. The van der Waals surface area contributed by atoms with Gasteiger partial charge in [-0.3, -0.25) is 9.59 Å². The summed E-state index contributed by atoms with van der Waals surface area (Å²) >= 11 is 5.87. The van der Waals surface area contributed by atoms with Crippen molar-refractivity contribution >= 4 is 23.4 Å². The number of ether oxygens (including phenoxy) is 1. The molecule has 2 rings (SSSR count). The fraction of sp³-hybridized carbons (Fsp3) is 0.364. The zero-order valence-corrected chi connectivity index (χ0v) is 17.5. The second-order valence-corrected chi connectivity index (χ2v) is 7.53. The van der Waals surface area contributed by atoms with E-state index in [1.807, 2.05) is 45.0 Å². The summed E-state index contributed by atoms with van der Waals surface area (Å²) in [6.45, 7) is 7.68. The highest BCUT2D eigenvalue weighted by Crippen LogP contribution is 2.16. The van der Waals surface area contributed by atoms with Crippen molar-refractivity contribution in [3.05, 3.63) is 64.7 Å². The number of nitrogens with one attached hydrogen (secondary N) is 1. The molecule has 6 heteroatoms. The van der Waals surface area contributed by atoms with E-state index in [4.69, 9.17) is 16.3 Å². The van der Waals surface area contributed by atoms with Crippen molar-refractivity contribution in [2.45, 2.75) is 46.3 Å². The number of carbonyl (C=O) groups is 2. The predicted octanol–water partition coefficient (Wildman–Crippen LogP) is 3.97. The van der Waals surface area contributed by atoms with Gasteiger partial charge in [-0.25, -0.2) is 0 Å². The molecule has 0 heterocycles. The lowest BCUT2D eigenvalue weighted by atomic mass is 10.1. The highest BCUT2D eigenvalue weighted by atomic mass is 35.5. The summed E-state index contributed by atoms with van der Waals surface area (Å²) in [5, 5.41) is 3.46. The Hall–Kier alpha value is -2.53. The number of hydrogen-bond acceptors (Lipinski definition) is 3. The maximum Gasteiger partial charge on any atom is 0.261 e. The Balaban J connectivity index is 2.12. The van der Waals surface area contributed by atoms with Crippen molar-refractivity contribution in [1.82, 2.24) is 10.2 Å². The molecule has 0 aliphatic carbocycles. The molecule has 1 atom stereocenters. The van der Waals surface area contributed by atoms with E-state index in [2.05, 4.69) is 5.32 Å². The molecular formula is C22H27ClN2O3. The van der Waals surface area contributed by atoms with Crippen LogP contribution < -0.4 is 10.1 Å². The van der Waals surface area contributed by atoms with Crippen LogP contribution in [-0.2, 0) is 16.1 Å². The van der Waals surface area contributed by atoms with Crippen LogP contribution in [0.2, 0.25) is 5.02 Å². The summed E-state index contributed by atoms with van der Waals surface area (Å²) in [5.74, 6) is 0.0937. The average molecular weight is 403 g/mol. The molecule has 0 aliphatic rings. The van der Waals surface area contributed by atoms with Gasteiger partial charge in [-0.2, -0.15) is 0 Å². The molecule has 1 unspecified atom stereocenters. The van der Waals surface area contributed by atoms with Gasteiger partial charge in [0.2, 0.25) is 5.91 Å². The van der Waals surface area contributed by atoms with Crippen LogP contribution in [0, 0.1) is 6.92 Å². The smallest absolute Gasteiger partial charge is 0.261 e. The van der Waals surface area contributed by atoms with E-state index in [9.17, 15) is 9.59 Å². The molecule has 2 aromatic rings. The standard InChI is InChI=1S/C22H27ClN2O3/c1-15(2)24-22(27)17(4)25(13-18-7-5-16(3)6-8-18)21(26)14-28-20-11-9-19(23)10-12-20/h5-12,15,17H,13-14H2,1-4H3,(H,24,27). The minimum atomic E-state index is -0.620. The molecule has 28 heavy (non-hydrogen) atoms. The molecule has 0 aromatic heterocycles. The van der Waals surface area contributed by atoms with Crippen molar-refractivity contribution in [2.75, 3.05) is 6.61 Å². The van der Waals surface area contributed by atoms with Crippen LogP contribution in [-0.4, -0.2) is 35.4 Å². The quantitative estimate of drug-likeness (QED) is 0.726. The van der Waals surface area contributed by atoms with Crippen LogP contribution in [0.1, 0.15) is 31.9 Å². The van der Waals surface area contributed by atoms with Crippen LogP contribution >= 0.6 is 11.6 Å². The zero-order chi connectivity index (χ0) is 20.7. The van der Waals surface area contributed by atoms with Gasteiger partial charge in [0.05, 0.1) is 0 Å². The minimum absolute atomic E-state index is 0.00315. The normalized spacial score (nSPS) is 11.8. The monoisotopic (exact) mass is 402 g/mol. The van der Waals surface area contributed by atoms with Gasteiger partial charge < -0.3 is 15.0 Å². The Morgan fingerprint density at radius 2 is 1.64 bits per heavy atom. The molecule has 0 aliphatic heterocycles. The number of nitrogens with zero attached hydrogens (tertiary/aromatic N) is 1. The van der Waals surface area contributed by atoms with Crippen molar-refractivity contribution in [2.24, 2.45) is 0 Å². The van der Waals surface area contributed by atoms with Crippen molar-refractivity contribution in [3.63, 3.8) is 0 Å². The summed E-state index contributed by atoms with van der Waals surface area (Å²) in [7, 11) is 0. The van der Waals surface area contributed by atoms with Gasteiger partial charge in [0.1, 0.15) is 11.8 Å². The second-order valence-electron chi connectivity index (χ2n) is 7.09. The summed E-state index contributed by atoms with van der Waals surface area (Å²) in [4.78, 5) is 26.9. The Labute approximate surface area is 171 Å². The first-order valence-electron chi connectivity index (χ1n) is 9.30. The van der Waals surface area contributed by atoms with Crippen LogP contribution in [0.3, 0.4) is 0 Å². The number of aryl methyl sites for hydroxylation is 1. The highest BCUT2D eigenvalue weighted by Gasteiger charge is 2.26. The van der Waals surface area contributed by atoms with Gasteiger partial charge in [-0.15, -0.1) is 0 Å². The lowest BCUT2D eigenvalue weighted by molar-refractivity contribution is -0.142. The minimum Gasteiger partial charge on any atom is -0.484 e. The maximum atomic E-state index is 12.9. The van der Waals surface area contributed by atoms with Gasteiger partial charge >= 0.3 is 0 Å². The van der Waals surface area contributed by atoms with Crippen LogP contribution in [0.5, 0.6) is 5.75 Å². The Bertz CT molecular complexity index is 788. The third-order valence-corrected chi connectivity index (χ3v) is 4.50. The van der Waals surface area contributed by atoms with E-state index in [0.717, 1.165) is 11.1 Å². The zero-order valence-electron chi connectivity index (χ0n) is 16.7. The van der Waals surface area contributed by atoms with Crippen molar-refractivity contribution in [1.29, 1.82) is 0 Å². The first-order valence-corrected chi connectivity index (χ1v) is 9.68. The van der Waals surface area contributed by atoms with E-state index in [0.29, 0.717) is 17.3 Å². The third kappa shape index (κ3) is 6.57. The fourth-order valence-corrected chi connectivity index (χ4v) is 2.76. The molecular weight excluding hydrogens is 376 g/mol. The molecule has 2 amide bonds. The van der Waals surface area contributed by atoms with E-state index in [1.165, 1.54) is 4.90 Å². The second kappa shape index (κ2) is 10.1. The molecule has 150 valence electrons. The summed E-state index contributed by atoms with van der Waals surface area (Å²) in [6.07, 6.45) is 0. The number of hydrogen-bond donors (Lipinski definition) is 1. The number of halogens is 1. The average Bonchev–Trinajstić information content (AvgIpc) is 2.65. The molecule has 0 radical (unpaired) electrons. The molecule has 1 N–H and O–H groups in total. The van der Waals surface area contributed by atoms with Crippen LogP contribution in [0.4, 0.5) is 0 Å². The van der Waals surface area contributed by atoms with E-state index < -0.39 is 6.04 Å². The van der Waals surface area contributed by atoms with Gasteiger partial charge in [0.15, 0.2) is 6.61 Å². The van der Waals surface area contributed by atoms with E-state index in [-0.39, 0.29) is 24.5 Å². The molecule has 0 saturated heterocycles. The number of rotatable bonds is 8. The fourth-order valence-electron chi connectivity index (χ4n) is 2.64. The number of amides is 2. The maximum absolute atomic E-state index is 12.9. The molecule has 0 fully saturated rings. The third-order valence-electron chi connectivity index (χ3n) is 4.25. The van der Waals surface area contributed by atoms with Crippen LogP contribution in [0.25, 0.3) is 0 Å². The van der Waals surface area contributed by atoms with Gasteiger partial charge in [-0.1, -0.05) is 41.4 Å². The van der Waals surface area contributed by atoms with Gasteiger partial charge in [-0.05, 0) is 57.5 Å². The molecule has 0 bridgehead atoms. The first-order chi connectivity index (χ1) is 13.3. The topological polar surface area (TPSA) is 58.6 Å². The van der Waals surface area contributed by atoms with Gasteiger partial charge in [0.25, 0.3) is 5.91 Å². The van der Waals surface area contributed by atoms with Crippen LogP contribution in [0.15, 0.2) is 48.5 Å². The van der Waals surface area contributed by atoms with Gasteiger partial charge in [0, 0.05) is 17.6 Å². The number of benzene rings is 2. The Morgan fingerprint density at radius 3 is 2.21 bits per heavy atom. The van der Waals surface area contributed by atoms with Crippen molar-refractivity contribution < 1.29 is 14.3 Å². The summed E-state index contributed by atoms with van der Waals surface area (Å²) in [6, 6.07) is 14.1. The molecule has 2 aromatic carbocycles. The molecule has 0 spiro atoms. The predicted molar refractivity (Wildman–Crippen MR) is 111 cm³/mol. The SMILES string of the molecule is Cc1ccc(CN(C(=O)COc2ccc(Cl)cc2)C(C)C(=O)NC(C)C)cc1. The summed E-state index contributed by atoms with van der Waals surface area (Å²) < 4.78 is 5.59. The molecule has 5 nitrogen and oxygen atoms in total. The largest absolute Gasteiger partial charge is 0.484 e. The highest BCUT2D eigenvalue weighted by molar-refractivity contribution is 6.30. The van der Waals surface area contributed by atoms with Crippen molar-refractivity contribution in [3.8, 4) is 5.75 Å². The van der Waals surface area contributed by atoms with E-state index >= 15 is 0 Å². The summed E-state index contributed by atoms with van der Waals surface area (Å²) in [5.41, 5.74) is 2.09. The first kappa shape index (κ1) is 21.8. The Kier molecular flexibility index (Phi) is 7.88. The van der Waals surface area contributed by atoms with E-state index in [1.54, 1.807) is 31.2 Å².